The number of aromatic nitrogens is 3. The lowest BCUT2D eigenvalue weighted by Crippen LogP contribution is -2.52. The SMILES string of the molecule is CC(=O)O.CC1(NC(=O)CCCn2cncn2)CCNCC1. The van der Waals surface area contributed by atoms with Crippen molar-refractivity contribution in [2.24, 2.45) is 0 Å². The summed E-state index contributed by atoms with van der Waals surface area (Å²) < 4.78 is 1.75. The van der Waals surface area contributed by atoms with Crippen LogP contribution < -0.4 is 10.6 Å². The van der Waals surface area contributed by atoms with Crippen LogP contribution in [-0.4, -0.2) is 50.4 Å². The van der Waals surface area contributed by atoms with Crippen molar-refractivity contribution in [1.82, 2.24) is 25.4 Å². The van der Waals surface area contributed by atoms with Crippen molar-refractivity contribution in [3.8, 4) is 0 Å². The average molecular weight is 311 g/mol. The summed E-state index contributed by atoms with van der Waals surface area (Å²) in [6.07, 6.45) is 6.53. The van der Waals surface area contributed by atoms with Gasteiger partial charge in [0, 0.05) is 25.4 Å². The normalized spacial score (nSPS) is 16.3. The Balaban J connectivity index is 0.000000541. The Morgan fingerprint density at radius 1 is 1.41 bits per heavy atom. The highest BCUT2D eigenvalue weighted by Crippen LogP contribution is 2.17. The van der Waals surface area contributed by atoms with Crippen LogP contribution in [0.1, 0.15) is 39.5 Å². The quantitative estimate of drug-likeness (QED) is 0.726. The number of aliphatic carboxylic acids is 1. The highest BCUT2D eigenvalue weighted by atomic mass is 16.4. The van der Waals surface area contributed by atoms with Gasteiger partial charge in [0.1, 0.15) is 12.7 Å². The van der Waals surface area contributed by atoms with E-state index in [-0.39, 0.29) is 11.4 Å². The maximum Gasteiger partial charge on any atom is 0.300 e. The van der Waals surface area contributed by atoms with E-state index >= 15 is 0 Å². The van der Waals surface area contributed by atoms with Crippen LogP contribution >= 0.6 is 0 Å². The van der Waals surface area contributed by atoms with Crippen molar-refractivity contribution in [2.75, 3.05) is 13.1 Å². The summed E-state index contributed by atoms with van der Waals surface area (Å²) in [5.41, 5.74) is -0.0322. The number of nitrogens with one attached hydrogen (secondary N) is 2. The molecule has 0 atom stereocenters. The molecule has 1 aliphatic rings. The molecule has 3 N–H and O–H groups in total. The zero-order valence-corrected chi connectivity index (χ0v) is 13.2. The number of rotatable bonds is 5. The second-order valence-corrected chi connectivity index (χ2v) is 5.64. The number of aryl methyl sites for hydroxylation is 1. The van der Waals surface area contributed by atoms with Crippen LogP contribution in [0.15, 0.2) is 12.7 Å². The molecule has 1 aliphatic heterocycles. The summed E-state index contributed by atoms with van der Waals surface area (Å²) >= 11 is 0. The van der Waals surface area contributed by atoms with Gasteiger partial charge >= 0.3 is 0 Å². The Labute approximate surface area is 130 Å². The van der Waals surface area contributed by atoms with Crippen molar-refractivity contribution in [1.29, 1.82) is 0 Å². The first-order valence-corrected chi connectivity index (χ1v) is 7.45. The van der Waals surface area contributed by atoms with Crippen LogP contribution in [0.25, 0.3) is 0 Å². The van der Waals surface area contributed by atoms with Gasteiger partial charge in [0.15, 0.2) is 0 Å². The highest BCUT2D eigenvalue weighted by Gasteiger charge is 2.27. The van der Waals surface area contributed by atoms with E-state index in [1.54, 1.807) is 11.0 Å². The van der Waals surface area contributed by atoms with E-state index in [1.807, 2.05) is 0 Å². The molecule has 0 aliphatic carbocycles. The van der Waals surface area contributed by atoms with Crippen molar-refractivity contribution < 1.29 is 14.7 Å². The molecule has 1 aromatic heterocycles. The molecule has 1 aromatic rings. The number of nitrogens with zero attached hydrogens (tertiary/aromatic N) is 3. The van der Waals surface area contributed by atoms with Gasteiger partial charge in [-0.1, -0.05) is 0 Å². The number of carbonyl (C=O) groups excluding carboxylic acids is 1. The third-order valence-corrected chi connectivity index (χ3v) is 3.41. The van der Waals surface area contributed by atoms with Gasteiger partial charge in [-0.2, -0.15) is 5.10 Å². The number of carboxylic acids is 1. The molecule has 1 fully saturated rings. The molecule has 0 radical (unpaired) electrons. The van der Waals surface area contributed by atoms with Crippen LogP contribution in [0.5, 0.6) is 0 Å². The number of carboxylic acid groups (broad SMARTS) is 1. The fourth-order valence-electron chi connectivity index (χ4n) is 2.25. The summed E-state index contributed by atoms with van der Waals surface area (Å²) in [5, 5.41) is 17.9. The fourth-order valence-corrected chi connectivity index (χ4v) is 2.25. The standard InChI is InChI=1S/C12H21N5O.C2H4O2/c1-12(4-6-13-7-5-12)16-11(18)3-2-8-17-10-14-9-15-17;1-2(3)4/h9-10,13H,2-8H2,1H3,(H,16,18);1H3,(H,3,4). The number of hydrogen-bond donors (Lipinski definition) is 3. The Hall–Kier alpha value is -1.96. The molecule has 0 spiro atoms. The van der Waals surface area contributed by atoms with E-state index < -0.39 is 5.97 Å². The molecule has 1 saturated heterocycles. The Bertz CT molecular complexity index is 451. The predicted molar refractivity (Wildman–Crippen MR) is 81.2 cm³/mol. The Morgan fingerprint density at radius 2 is 2.05 bits per heavy atom. The first kappa shape index (κ1) is 18.1. The molecule has 0 unspecified atom stereocenters. The van der Waals surface area contributed by atoms with Crippen LogP contribution in [-0.2, 0) is 16.1 Å². The van der Waals surface area contributed by atoms with Gasteiger partial charge in [-0.25, -0.2) is 4.98 Å². The van der Waals surface area contributed by atoms with Crippen molar-refractivity contribution in [3.63, 3.8) is 0 Å². The number of amides is 1. The van der Waals surface area contributed by atoms with Crippen LogP contribution in [0.3, 0.4) is 0 Å². The third kappa shape index (κ3) is 7.72. The zero-order valence-electron chi connectivity index (χ0n) is 13.2. The number of piperidine rings is 1. The molecule has 2 rings (SSSR count). The van der Waals surface area contributed by atoms with E-state index in [2.05, 4.69) is 27.6 Å². The molecule has 2 heterocycles. The van der Waals surface area contributed by atoms with Gasteiger partial charge in [0.05, 0.1) is 0 Å². The van der Waals surface area contributed by atoms with Crippen LogP contribution in [0.2, 0.25) is 0 Å². The molecular weight excluding hydrogens is 286 g/mol. The number of carbonyl (C=O) groups is 2. The molecule has 8 heteroatoms. The largest absolute Gasteiger partial charge is 0.481 e. The molecule has 1 amide bonds. The predicted octanol–water partition coefficient (Wildman–Crippen LogP) is 0.408. The first-order chi connectivity index (χ1) is 10.4. The van der Waals surface area contributed by atoms with E-state index in [9.17, 15) is 4.79 Å². The summed E-state index contributed by atoms with van der Waals surface area (Å²) in [7, 11) is 0. The van der Waals surface area contributed by atoms with Gasteiger partial charge in [-0.15, -0.1) is 0 Å². The van der Waals surface area contributed by atoms with Gasteiger partial charge in [-0.05, 0) is 39.3 Å². The van der Waals surface area contributed by atoms with Gasteiger partial charge < -0.3 is 15.7 Å². The van der Waals surface area contributed by atoms with Crippen LogP contribution in [0, 0.1) is 0 Å². The summed E-state index contributed by atoms with van der Waals surface area (Å²) in [4.78, 5) is 24.7. The summed E-state index contributed by atoms with van der Waals surface area (Å²) in [6, 6.07) is 0. The molecule has 0 saturated carbocycles. The van der Waals surface area contributed by atoms with E-state index in [4.69, 9.17) is 9.90 Å². The van der Waals surface area contributed by atoms with Gasteiger partial charge in [0.2, 0.25) is 5.91 Å². The minimum atomic E-state index is -0.833. The molecule has 0 bridgehead atoms. The van der Waals surface area contributed by atoms with Crippen LogP contribution in [0.4, 0.5) is 0 Å². The first-order valence-electron chi connectivity index (χ1n) is 7.45. The lowest BCUT2D eigenvalue weighted by atomic mass is 9.90. The smallest absolute Gasteiger partial charge is 0.300 e. The molecule has 22 heavy (non-hydrogen) atoms. The zero-order chi connectivity index (χ0) is 16.4. The van der Waals surface area contributed by atoms with E-state index in [1.165, 1.54) is 6.33 Å². The average Bonchev–Trinajstić information content (AvgIpc) is 2.91. The van der Waals surface area contributed by atoms with Gasteiger partial charge in [0.25, 0.3) is 5.97 Å². The monoisotopic (exact) mass is 311 g/mol. The van der Waals surface area contributed by atoms with Crippen molar-refractivity contribution >= 4 is 11.9 Å². The Morgan fingerprint density at radius 3 is 2.59 bits per heavy atom. The fraction of sp³-hybridized carbons (Fsp3) is 0.714. The van der Waals surface area contributed by atoms with E-state index in [0.29, 0.717) is 6.42 Å². The third-order valence-electron chi connectivity index (χ3n) is 3.41. The van der Waals surface area contributed by atoms with Crippen molar-refractivity contribution in [2.45, 2.75) is 51.6 Å². The van der Waals surface area contributed by atoms with Gasteiger partial charge in [-0.3, -0.25) is 14.3 Å². The Kier molecular flexibility index (Phi) is 7.51. The lowest BCUT2D eigenvalue weighted by Gasteiger charge is -2.35. The second-order valence-electron chi connectivity index (χ2n) is 5.64. The summed E-state index contributed by atoms with van der Waals surface area (Å²) in [6.45, 7) is 5.92. The molecule has 0 aromatic carbocycles. The number of hydrogen-bond acceptors (Lipinski definition) is 5. The minimum absolute atomic E-state index is 0.0322. The lowest BCUT2D eigenvalue weighted by molar-refractivity contribution is -0.134. The van der Waals surface area contributed by atoms with E-state index in [0.717, 1.165) is 45.8 Å². The molecule has 124 valence electrons. The highest BCUT2D eigenvalue weighted by molar-refractivity contribution is 5.76. The minimum Gasteiger partial charge on any atom is -0.481 e. The second kappa shape index (κ2) is 9.14. The van der Waals surface area contributed by atoms with Crippen molar-refractivity contribution in [3.05, 3.63) is 12.7 Å². The summed E-state index contributed by atoms with van der Waals surface area (Å²) in [5.74, 6) is -0.695. The topological polar surface area (TPSA) is 109 Å². The molecular formula is C14H25N5O3. The maximum absolute atomic E-state index is 11.9. The maximum atomic E-state index is 11.9. The molecule has 8 nitrogen and oxygen atoms in total.